The molecule has 0 bridgehead atoms. The summed E-state index contributed by atoms with van der Waals surface area (Å²) in [7, 11) is 0. The number of nitrogens with one attached hydrogen (secondary N) is 1. The molecule has 4 rings (SSSR count). The Bertz CT molecular complexity index is 849. The highest BCUT2D eigenvalue weighted by molar-refractivity contribution is 8.01. The van der Waals surface area contributed by atoms with Gasteiger partial charge in [-0.15, -0.1) is 23.1 Å². The number of thiophene rings is 1. The van der Waals surface area contributed by atoms with E-state index in [4.69, 9.17) is 17.0 Å². The summed E-state index contributed by atoms with van der Waals surface area (Å²) in [6, 6.07) is 0. The fourth-order valence-electron chi connectivity index (χ4n) is 3.39. The molecule has 0 unspecified atom stereocenters. The van der Waals surface area contributed by atoms with Crippen molar-refractivity contribution in [2.24, 2.45) is 0 Å². The Morgan fingerprint density at radius 1 is 1.25 bits per heavy atom. The van der Waals surface area contributed by atoms with Crippen LogP contribution in [0.5, 0.6) is 0 Å². The molecule has 0 aliphatic carbocycles. The van der Waals surface area contributed by atoms with E-state index < -0.39 is 0 Å². The molecule has 2 aromatic heterocycles. The van der Waals surface area contributed by atoms with Gasteiger partial charge < -0.3 is 9.72 Å². The first-order valence-corrected chi connectivity index (χ1v) is 10.7. The van der Waals surface area contributed by atoms with E-state index in [1.165, 1.54) is 9.77 Å². The first-order chi connectivity index (χ1) is 11.7. The summed E-state index contributed by atoms with van der Waals surface area (Å²) in [5.41, 5.74) is 1.33. The molecule has 0 atom stereocenters. The predicted octanol–water partition coefficient (Wildman–Crippen LogP) is 2.88. The Balaban J connectivity index is 1.58. The van der Waals surface area contributed by atoms with Gasteiger partial charge >= 0.3 is 0 Å². The first kappa shape index (κ1) is 16.8. The largest absolute Gasteiger partial charge is 0.379 e. The lowest BCUT2D eigenvalue weighted by atomic mass is 10.1. The fourth-order valence-corrected chi connectivity index (χ4v) is 6.29. The van der Waals surface area contributed by atoms with Crippen molar-refractivity contribution in [1.29, 1.82) is 0 Å². The third kappa shape index (κ3) is 3.22. The number of H-pyrrole nitrogens is 1. The summed E-state index contributed by atoms with van der Waals surface area (Å²) >= 11 is 9.01. The minimum atomic E-state index is 0.0933. The Kier molecular flexibility index (Phi) is 5.10. The Labute approximate surface area is 154 Å². The molecule has 0 aromatic carbocycles. The third-order valence-corrected chi connectivity index (χ3v) is 7.53. The number of aromatic amines is 1. The van der Waals surface area contributed by atoms with Crippen molar-refractivity contribution in [2.45, 2.75) is 30.0 Å². The Morgan fingerprint density at radius 3 is 2.92 bits per heavy atom. The fraction of sp³-hybridized carbons (Fsp3) is 0.625. The third-order valence-electron chi connectivity index (χ3n) is 4.66. The summed E-state index contributed by atoms with van der Waals surface area (Å²) in [5, 5.41) is 0.877. The van der Waals surface area contributed by atoms with Gasteiger partial charge in [-0.25, -0.2) is 0 Å². The van der Waals surface area contributed by atoms with E-state index in [1.54, 1.807) is 15.9 Å². The van der Waals surface area contributed by atoms with Gasteiger partial charge in [0.2, 0.25) is 0 Å². The predicted molar refractivity (Wildman–Crippen MR) is 102 cm³/mol. The molecule has 130 valence electrons. The van der Waals surface area contributed by atoms with Crippen LogP contribution in [0, 0.1) is 4.77 Å². The average Bonchev–Trinajstić information content (AvgIpc) is 2.97. The molecule has 2 aliphatic rings. The van der Waals surface area contributed by atoms with Crippen molar-refractivity contribution in [3.8, 4) is 0 Å². The minimum absolute atomic E-state index is 0.0933. The number of morpholine rings is 1. The van der Waals surface area contributed by atoms with Crippen LogP contribution in [0.2, 0.25) is 0 Å². The smallest absolute Gasteiger partial charge is 0.263 e. The van der Waals surface area contributed by atoms with Crippen LogP contribution in [0.3, 0.4) is 0 Å². The quantitative estimate of drug-likeness (QED) is 0.823. The monoisotopic (exact) mass is 383 g/mol. The van der Waals surface area contributed by atoms with E-state index in [9.17, 15) is 4.79 Å². The van der Waals surface area contributed by atoms with Gasteiger partial charge in [-0.2, -0.15) is 0 Å². The maximum Gasteiger partial charge on any atom is 0.263 e. The summed E-state index contributed by atoms with van der Waals surface area (Å²) in [4.78, 5) is 19.6. The van der Waals surface area contributed by atoms with Crippen LogP contribution in [0.4, 0.5) is 0 Å². The van der Waals surface area contributed by atoms with Gasteiger partial charge in [0.25, 0.3) is 5.56 Å². The van der Waals surface area contributed by atoms with Crippen LogP contribution >= 0.6 is 35.3 Å². The number of nitrogens with zero attached hydrogens (tertiary/aromatic N) is 2. The highest BCUT2D eigenvalue weighted by atomic mass is 32.2. The van der Waals surface area contributed by atoms with E-state index in [2.05, 4.69) is 9.88 Å². The number of aryl methyl sites for hydroxylation is 1. The number of rotatable bonds is 4. The molecule has 2 aliphatic heterocycles. The zero-order valence-corrected chi connectivity index (χ0v) is 16.0. The van der Waals surface area contributed by atoms with Crippen LogP contribution in [-0.4, -0.2) is 53.1 Å². The molecule has 8 heteroatoms. The zero-order valence-electron chi connectivity index (χ0n) is 13.5. The molecule has 0 amide bonds. The lowest BCUT2D eigenvalue weighted by molar-refractivity contribution is 0.0369. The van der Waals surface area contributed by atoms with Crippen molar-refractivity contribution < 1.29 is 4.74 Å². The molecule has 0 saturated carbocycles. The van der Waals surface area contributed by atoms with Gasteiger partial charge in [0.15, 0.2) is 4.77 Å². The van der Waals surface area contributed by atoms with Crippen molar-refractivity contribution in [3.63, 3.8) is 0 Å². The summed E-state index contributed by atoms with van der Waals surface area (Å²) in [5.74, 6) is 1.15. The molecule has 1 N–H and O–H groups in total. The molecular formula is C16H21N3O2S3. The minimum Gasteiger partial charge on any atom is -0.379 e. The van der Waals surface area contributed by atoms with Crippen LogP contribution in [-0.2, 0) is 17.7 Å². The highest BCUT2D eigenvalue weighted by Crippen LogP contribution is 2.39. The van der Waals surface area contributed by atoms with E-state index >= 15 is 0 Å². The average molecular weight is 384 g/mol. The second-order valence-electron chi connectivity index (χ2n) is 6.22. The Hall–Kier alpha value is -0.670. The van der Waals surface area contributed by atoms with Crippen LogP contribution in [0.1, 0.15) is 18.4 Å². The van der Waals surface area contributed by atoms with Crippen LogP contribution < -0.4 is 5.56 Å². The zero-order chi connectivity index (χ0) is 16.5. The van der Waals surface area contributed by atoms with Gasteiger partial charge in [-0.3, -0.25) is 14.3 Å². The Morgan fingerprint density at radius 2 is 2.08 bits per heavy atom. The first-order valence-electron chi connectivity index (χ1n) is 8.45. The number of hydrogen-bond donors (Lipinski definition) is 1. The maximum atomic E-state index is 13.0. The molecule has 24 heavy (non-hydrogen) atoms. The number of thioether (sulfide) groups is 1. The number of aromatic nitrogens is 2. The topological polar surface area (TPSA) is 50.3 Å². The van der Waals surface area contributed by atoms with E-state index in [0.29, 0.717) is 11.3 Å². The molecule has 1 saturated heterocycles. The molecule has 1 fully saturated rings. The number of fused-ring (bicyclic) bond motifs is 3. The standard InChI is InChI=1S/C16H21N3O2S3/c20-14-12-11-3-1-10-23-15(11)24-13(12)17-16(22)19(14)5-2-4-18-6-8-21-9-7-18/h1-10H2,(H,17,22). The molecule has 0 spiro atoms. The molecule has 4 heterocycles. The second kappa shape index (κ2) is 7.29. The van der Waals surface area contributed by atoms with Crippen molar-refractivity contribution in [3.05, 3.63) is 20.7 Å². The maximum absolute atomic E-state index is 13.0. The van der Waals surface area contributed by atoms with Crippen molar-refractivity contribution in [2.75, 3.05) is 38.6 Å². The molecule has 2 aromatic rings. The van der Waals surface area contributed by atoms with Crippen molar-refractivity contribution in [1.82, 2.24) is 14.5 Å². The molecule has 0 radical (unpaired) electrons. The SMILES string of the molecule is O=c1c2c3c(sc2[nH]c(=S)n1CCCN1CCOCC1)SCCC3. The van der Waals surface area contributed by atoms with Crippen molar-refractivity contribution >= 4 is 45.5 Å². The van der Waals surface area contributed by atoms with E-state index in [0.717, 1.165) is 68.1 Å². The molecule has 5 nitrogen and oxygen atoms in total. The highest BCUT2D eigenvalue weighted by Gasteiger charge is 2.20. The molecular weight excluding hydrogens is 362 g/mol. The van der Waals surface area contributed by atoms with Gasteiger partial charge in [-0.05, 0) is 42.8 Å². The number of ether oxygens (including phenoxy) is 1. The van der Waals surface area contributed by atoms with Crippen LogP contribution in [0.25, 0.3) is 10.2 Å². The van der Waals surface area contributed by atoms with E-state index in [-0.39, 0.29) is 5.56 Å². The van der Waals surface area contributed by atoms with Crippen LogP contribution in [0.15, 0.2) is 9.00 Å². The van der Waals surface area contributed by atoms with Gasteiger partial charge in [-0.1, -0.05) is 0 Å². The van der Waals surface area contributed by atoms with Gasteiger partial charge in [0, 0.05) is 26.2 Å². The summed E-state index contributed by atoms with van der Waals surface area (Å²) < 4.78 is 8.98. The van der Waals surface area contributed by atoms with Gasteiger partial charge in [0.1, 0.15) is 4.83 Å². The van der Waals surface area contributed by atoms with Gasteiger partial charge in [0.05, 0.1) is 22.8 Å². The lowest BCUT2D eigenvalue weighted by Crippen LogP contribution is -2.37. The van der Waals surface area contributed by atoms with E-state index in [1.807, 2.05) is 11.8 Å². The summed E-state index contributed by atoms with van der Waals surface area (Å²) in [6.45, 7) is 5.25. The summed E-state index contributed by atoms with van der Waals surface area (Å²) in [6.07, 6.45) is 3.09. The lowest BCUT2D eigenvalue weighted by Gasteiger charge is -2.26. The number of hydrogen-bond acceptors (Lipinski definition) is 6. The normalized spacial score (nSPS) is 18.8. The second-order valence-corrected chi connectivity index (χ2v) is 8.99.